The van der Waals surface area contributed by atoms with Gasteiger partial charge in [0.05, 0.1) is 17.8 Å². The molecule has 1 aliphatic heterocycles. The lowest BCUT2D eigenvalue weighted by molar-refractivity contribution is -0.0116. The average Bonchev–Trinajstić information content (AvgIpc) is 3.53. The van der Waals surface area contributed by atoms with Crippen molar-refractivity contribution in [1.82, 2.24) is 19.9 Å². The van der Waals surface area contributed by atoms with Crippen LogP contribution in [0.5, 0.6) is 5.88 Å². The predicted octanol–water partition coefficient (Wildman–Crippen LogP) is 4.55. The van der Waals surface area contributed by atoms with Crippen LogP contribution in [0, 0.1) is 18.3 Å². The summed E-state index contributed by atoms with van der Waals surface area (Å²) in [5.74, 6) is 0.830. The fraction of sp³-hybridized carbons (Fsp3) is 0.409. The van der Waals surface area contributed by atoms with E-state index in [2.05, 4.69) is 31.7 Å². The number of halogens is 1. The molecule has 1 saturated heterocycles. The smallest absolute Gasteiger partial charge is 0.268 e. The molecule has 0 bridgehead atoms. The van der Waals surface area contributed by atoms with E-state index in [1.165, 1.54) is 38.4 Å². The lowest BCUT2D eigenvalue weighted by atomic mass is 10.1. The summed E-state index contributed by atoms with van der Waals surface area (Å²) in [6.07, 6.45) is 8.17. The van der Waals surface area contributed by atoms with Gasteiger partial charge in [-0.15, -0.1) is 0 Å². The normalized spacial score (nSPS) is 15.8. The van der Waals surface area contributed by atoms with Crippen molar-refractivity contribution in [3.8, 4) is 11.9 Å². The van der Waals surface area contributed by atoms with Gasteiger partial charge in [-0.2, -0.15) is 19.9 Å². The van der Waals surface area contributed by atoms with Crippen LogP contribution in [0.2, 0.25) is 0 Å². The van der Waals surface area contributed by atoms with Gasteiger partial charge in [-0.1, -0.05) is 6.42 Å². The number of piperidine rings is 1. The quantitative estimate of drug-likeness (QED) is 0.658. The highest BCUT2D eigenvalue weighted by Crippen LogP contribution is 2.42. The first-order valence-electron chi connectivity index (χ1n) is 10.3. The molecule has 2 aromatic heterocycles. The monoisotopic (exact) mass is 408 g/mol. The summed E-state index contributed by atoms with van der Waals surface area (Å²) >= 11 is 0. The maximum Gasteiger partial charge on any atom is 0.268 e. The van der Waals surface area contributed by atoms with Gasteiger partial charge in [-0.05, 0) is 75.4 Å². The Kier molecular flexibility index (Phi) is 6.10. The number of fused-ring (bicyclic) bond motifs is 1. The molecule has 1 saturated carbocycles. The molecule has 0 amide bonds. The number of nitrogens with one attached hydrogen (secondary N) is 2. The molecule has 2 N–H and O–H groups in total. The van der Waals surface area contributed by atoms with Crippen molar-refractivity contribution >= 4 is 17.2 Å². The van der Waals surface area contributed by atoms with Crippen LogP contribution in [-0.2, 0) is 0 Å². The molecule has 0 radical (unpaired) electrons. The van der Waals surface area contributed by atoms with Gasteiger partial charge in [0.1, 0.15) is 5.82 Å². The molecular weight excluding hydrogens is 383 g/mol. The molecule has 0 spiro atoms. The highest BCUT2D eigenvalue weighted by molar-refractivity contribution is 5.65. The Bertz CT molecular complexity index is 1050. The van der Waals surface area contributed by atoms with Crippen molar-refractivity contribution in [3.63, 3.8) is 0 Å². The largest absolute Gasteiger partial charge is 0.340 e. The second-order valence-electron chi connectivity index (χ2n) is 7.80. The first-order valence-corrected chi connectivity index (χ1v) is 10.3. The van der Waals surface area contributed by atoms with Crippen LogP contribution in [0.25, 0.3) is 5.65 Å². The number of anilines is 2. The van der Waals surface area contributed by atoms with Crippen LogP contribution < -0.4 is 15.6 Å². The van der Waals surface area contributed by atoms with Crippen molar-refractivity contribution in [2.75, 3.05) is 18.4 Å². The fourth-order valence-electron chi connectivity index (χ4n) is 3.64. The van der Waals surface area contributed by atoms with Crippen LogP contribution in [0.4, 0.5) is 16.0 Å². The molecule has 2 aliphatic rings. The Morgan fingerprint density at radius 2 is 2.00 bits per heavy atom. The SMILES string of the molecule is C1CCNCC1.Cc1cc(C#N)cc(Nc2cc(OF)nc3c(C4CC4)cnn23)c1. The van der Waals surface area contributed by atoms with E-state index in [0.717, 1.165) is 24.0 Å². The summed E-state index contributed by atoms with van der Waals surface area (Å²) in [6.45, 7) is 4.41. The highest BCUT2D eigenvalue weighted by Gasteiger charge is 2.28. The van der Waals surface area contributed by atoms with Crippen LogP contribution in [0.1, 0.15) is 54.7 Å². The van der Waals surface area contributed by atoms with E-state index in [0.29, 0.717) is 28.6 Å². The molecule has 5 rings (SSSR count). The second kappa shape index (κ2) is 9.09. The third kappa shape index (κ3) is 4.69. The topological polar surface area (TPSA) is 87.3 Å². The van der Waals surface area contributed by atoms with Crippen molar-refractivity contribution in [2.24, 2.45) is 0 Å². The number of benzene rings is 1. The number of aromatic nitrogens is 3. The Morgan fingerprint density at radius 3 is 2.60 bits per heavy atom. The van der Waals surface area contributed by atoms with Crippen LogP contribution in [0.15, 0.2) is 30.5 Å². The van der Waals surface area contributed by atoms with E-state index < -0.39 is 0 Å². The van der Waals surface area contributed by atoms with Gasteiger partial charge in [0.2, 0.25) is 0 Å². The molecule has 1 aliphatic carbocycles. The second-order valence-corrected chi connectivity index (χ2v) is 7.80. The number of nitriles is 1. The lowest BCUT2D eigenvalue weighted by Gasteiger charge is -2.10. The first kappa shape index (κ1) is 20.1. The van der Waals surface area contributed by atoms with E-state index in [1.807, 2.05) is 13.0 Å². The van der Waals surface area contributed by atoms with Gasteiger partial charge in [-0.25, -0.2) is 0 Å². The predicted molar refractivity (Wildman–Crippen MR) is 113 cm³/mol. The van der Waals surface area contributed by atoms with Crippen LogP contribution in [-0.4, -0.2) is 27.7 Å². The third-order valence-corrected chi connectivity index (χ3v) is 5.26. The molecule has 30 heavy (non-hydrogen) atoms. The van der Waals surface area contributed by atoms with Gasteiger partial charge >= 0.3 is 0 Å². The van der Waals surface area contributed by atoms with E-state index in [1.54, 1.807) is 22.8 Å². The van der Waals surface area contributed by atoms with E-state index in [-0.39, 0.29) is 5.88 Å². The molecule has 0 unspecified atom stereocenters. The van der Waals surface area contributed by atoms with E-state index in [4.69, 9.17) is 5.26 Å². The standard InChI is InChI=1S/C17H14FN5O.C5H11N/c1-10-4-11(8-19)6-13(5-10)21-15-7-16(24-18)22-17-14(12-2-3-12)9-20-23(15)17;1-2-4-6-5-3-1/h4-7,9,12,21H,2-3H2,1H3;6H,1-5H2. The number of nitrogens with zero attached hydrogens (tertiary/aromatic N) is 4. The lowest BCUT2D eigenvalue weighted by Crippen LogP contribution is -2.21. The van der Waals surface area contributed by atoms with Gasteiger partial charge in [0, 0.05) is 21.8 Å². The third-order valence-electron chi connectivity index (χ3n) is 5.26. The van der Waals surface area contributed by atoms with Crippen molar-refractivity contribution in [3.05, 3.63) is 47.2 Å². The Hall–Kier alpha value is -3.18. The average molecular weight is 408 g/mol. The minimum absolute atomic E-state index is 0.124. The maximum absolute atomic E-state index is 12.7. The molecule has 0 atom stereocenters. The minimum Gasteiger partial charge on any atom is -0.340 e. The first-order chi connectivity index (χ1) is 14.7. The Morgan fingerprint density at radius 1 is 1.20 bits per heavy atom. The van der Waals surface area contributed by atoms with Gasteiger partial charge in [0.25, 0.3) is 5.88 Å². The summed E-state index contributed by atoms with van der Waals surface area (Å²) < 4.78 is 14.4. The van der Waals surface area contributed by atoms with Gasteiger partial charge in [-0.3, -0.25) is 4.94 Å². The Balaban J connectivity index is 0.000000313. The van der Waals surface area contributed by atoms with Crippen molar-refractivity contribution in [1.29, 1.82) is 5.26 Å². The molecule has 2 fully saturated rings. The molecule has 1 aromatic carbocycles. The molecular formula is C22H25FN6O. The van der Waals surface area contributed by atoms with Crippen molar-refractivity contribution in [2.45, 2.75) is 44.9 Å². The summed E-state index contributed by atoms with van der Waals surface area (Å²) in [5, 5.41) is 19.9. The molecule has 8 heteroatoms. The number of rotatable bonds is 4. The van der Waals surface area contributed by atoms with Gasteiger partial charge in [0.15, 0.2) is 5.65 Å². The van der Waals surface area contributed by atoms with Crippen LogP contribution in [0.3, 0.4) is 0 Å². The highest BCUT2D eigenvalue weighted by atomic mass is 19.3. The fourth-order valence-corrected chi connectivity index (χ4v) is 3.64. The molecule has 156 valence electrons. The summed E-state index contributed by atoms with van der Waals surface area (Å²) in [5.41, 5.74) is 3.79. The number of hydrogen-bond acceptors (Lipinski definition) is 6. The van der Waals surface area contributed by atoms with Crippen molar-refractivity contribution < 1.29 is 9.47 Å². The molecule has 7 nitrogen and oxygen atoms in total. The summed E-state index contributed by atoms with van der Waals surface area (Å²) in [7, 11) is 0. The zero-order valence-corrected chi connectivity index (χ0v) is 17.0. The zero-order chi connectivity index (χ0) is 20.9. The van der Waals surface area contributed by atoms with Gasteiger partial charge < -0.3 is 10.6 Å². The number of hydrogen-bond donors (Lipinski definition) is 2. The zero-order valence-electron chi connectivity index (χ0n) is 17.0. The Labute approximate surface area is 174 Å². The molecule has 3 aromatic rings. The van der Waals surface area contributed by atoms with E-state index in [9.17, 15) is 4.53 Å². The summed E-state index contributed by atoms with van der Waals surface area (Å²) in [4.78, 5) is 8.03. The molecule has 3 heterocycles. The summed E-state index contributed by atoms with van der Waals surface area (Å²) in [6, 6.07) is 8.97. The van der Waals surface area contributed by atoms with Crippen LogP contribution >= 0.6 is 0 Å². The van der Waals surface area contributed by atoms with E-state index >= 15 is 0 Å². The minimum atomic E-state index is -0.124. The maximum atomic E-state index is 12.7. The number of aryl methyl sites for hydroxylation is 1.